The number of aliphatic imine (C=N–C) groups is 1. The monoisotopic (exact) mass is 417 g/mol. The Morgan fingerprint density at radius 1 is 1.27 bits per heavy atom. The number of rotatable bonds is 9. The first-order valence-electron chi connectivity index (χ1n) is 10.8. The summed E-state index contributed by atoms with van der Waals surface area (Å²) in [7, 11) is 0. The summed E-state index contributed by atoms with van der Waals surface area (Å²) in [6.07, 6.45) is 3.19. The van der Waals surface area contributed by atoms with Crippen LogP contribution in [0.2, 0.25) is 0 Å². The molecule has 3 amide bonds. The van der Waals surface area contributed by atoms with E-state index in [1.54, 1.807) is 19.1 Å². The maximum Gasteiger partial charge on any atom is 0.325 e. The summed E-state index contributed by atoms with van der Waals surface area (Å²) in [6.45, 7) is 7.90. The molecule has 0 spiro atoms. The predicted octanol–water partition coefficient (Wildman–Crippen LogP) is 2.52. The van der Waals surface area contributed by atoms with E-state index < -0.39 is 5.54 Å². The van der Waals surface area contributed by atoms with Gasteiger partial charge in [-0.15, -0.1) is 0 Å². The molecular weight excluding hydrogens is 385 g/mol. The summed E-state index contributed by atoms with van der Waals surface area (Å²) in [5, 5.41) is 9.25. The molecule has 0 aromatic heterocycles. The Morgan fingerprint density at radius 3 is 2.63 bits per heavy atom. The highest BCUT2D eigenvalue weighted by molar-refractivity contribution is 6.06. The number of halogens is 1. The van der Waals surface area contributed by atoms with E-state index in [1.807, 2.05) is 19.9 Å². The first kappa shape index (κ1) is 22.1. The van der Waals surface area contributed by atoms with Crippen molar-refractivity contribution in [1.29, 1.82) is 0 Å². The van der Waals surface area contributed by atoms with E-state index in [-0.39, 0.29) is 23.2 Å². The van der Waals surface area contributed by atoms with Crippen LogP contribution in [0.15, 0.2) is 29.3 Å². The molecule has 1 saturated heterocycles. The van der Waals surface area contributed by atoms with Crippen molar-refractivity contribution in [3.63, 3.8) is 0 Å². The van der Waals surface area contributed by atoms with Crippen molar-refractivity contribution in [2.45, 2.75) is 57.4 Å². The molecule has 1 aliphatic carbocycles. The summed E-state index contributed by atoms with van der Waals surface area (Å²) >= 11 is 0. The summed E-state index contributed by atoms with van der Waals surface area (Å²) in [6, 6.07) is 6.45. The Bertz CT molecular complexity index is 824. The van der Waals surface area contributed by atoms with Crippen LogP contribution in [0, 0.1) is 5.82 Å². The second kappa shape index (κ2) is 9.02. The minimum Gasteiger partial charge on any atom is -0.357 e. The third-order valence-electron chi connectivity index (χ3n) is 6.08. The van der Waals surface area contributed by atoms with Crippen LogP contribution in [0.1, 0.15) is 52.0 Å². The van der Waals surface area contributed by atoms with E-state index in [9.17, 15) is 14.0 Å². The maximum atomic E-state index is 13.6. The zero-order chi connectivity index (χ0) is 21.8. The lowest BCUT2D eigenvalue weighted by molar-refractivity contribution is -0.130. The van der Waals surface area contributed by atoms with Crippen molar-refractivity contribution < 1.29 is 14.0 Å². The number of nitrogens with one attached hydrogen (secondary N) is 3. The molecule has 1 saturated carbocycles. The minimum atomic E-state index is -0.795. The van der Waals surface area contributed by atoms with Crippen LogP contribution in [0.3, 0.4) is 0 Å². The van der Waals surface area contributed by atoms with E-state index in [0.717, 1.165) is 24.9 Å². The molecule has 1 heterocycles. The number of urea groups is 1. The van der Waals surface area contributed by atoms with Gasteiger partial charge >= 0.3 is 6.03 Å². The number of nitrogens with zero attached hydrogens (tertiary/aromatic N) is 2. The Kier molecular flexibility index (Phi) is 6.63. The number of imide groups is 1. The standard InChI is InChI=1S/C22H32FN5O2/c1-4-21(3)18(29)28(20(30)27-21)13-7-12-25-19(24-5-2)26-15-22(10-11-22)16-8-6-9-17(23)14-16/h6,8-9,14H,4-5,7,10-13,15H2,1-3H3,(H,27,30)(H2,24,25,26). The van der Waals surface area contributed by atoms with Crippen LogP contribution in [0.4, 0.5) is 9.18 Å². The van der Waals surface area contributed by atoms with Gasteiger partial charge in [0, 0.05) is 25.0 Å². The number of amides is 3. The maximum absolute atomic E-state index is 13.6. The highest BCUT2D eigenvalue weighted by Crippen LogP contribution is 2.48. The van der Waals surface area contributed by atoms with Crippen LogP contribution in [-0.4, -0.2) is 54.5 Å². The lowest BCUT2D eigenvalue weighted by Crippen LogP contribution is -2.43. The molecule has 3 rings (SSSR count). The van der Waals surface area contributed by atoms with Crippen LogP contribution in [-0.2, 0) is 10.2 Å². The highest BCUT2D eigenvalue weighted by atomic mass is 19.1. The predicted molar refractivity (Wildman–Crippen MR) is 115 cm³/mol. The topological polar surface area (TPSA) is 85.8 Å². The van der Waals surface area contributed by atoms with Gasteiger partial charge in [0.2, 0.25) is 0 Å². The molecule has 1 aliphatic heterocycles. The van der Waals surface area contributed by atoms with Crippen molar-refractivity contribution in [3.8, 4) is 0 Å². The van der Waals surface area contributed by atoms with Gasteiger partial charge in [-0.2, -0.15) is 0 Å². The van der Waals surface area contributed by atoms with Gasteiger partial charge in [-0.1, -0.05) is 19.1 Å². The Hall–Kier alpha value is -2.64. The van der Waals surface area contributed by atoms with Gasteiger partial charge < -0.3 is 16.0 Å². The number of carbonyl (C=O) groups is 2. The molecule has 2 fully saturated rings. The van der Waals surface area contributed by atoms with E-state index in [4.69, 9.17) is 4.99 Å². The smallest absolute Gasteiger partial charge is 0.325 e. The van der Waals surface area contributed by atoms with E-state index >= 15 is 0 Å². The van der Waals surface area contributed by atoms with Crippen LogP contribution in [0.5, 0.6) is 0 Å². The molecule has 164 valence electrons. The average Bonchev–Trinajstić information content (AvgIpc) is 3.48. The summed E-state index contributed by atoms with van der Waals surface area (Å²) in [4.78, 5) is 30.5. The normalized spacial score (nSPS) is 22.8. The Morgan fingerprint density at radius 2 is 2.03 bits per heavy atom. The number of carbonyl (C=O) groups excluding carboxylic acids is 2. The van der Waals surface area contributed by atoms with Gasteiger partial charge in [0.1, 0.15) is 11.4 Å². The van der Waals surface area contributed by atoms with Crippen molar-refractivity contribution in [1.82, 2.24) is 20.9 Å². The molecule has 2 aliphatic rings. The van der Waals surface area contributed by atoms with E-state index in [1.165, 1.54) is 11.0 Å². The van der Waals surface area contributed by atoms with Gasteiger partial charge in [0.15, 0.2) is 5.96 Å². The largest absolute Gasteiger partial charge is 0.357 e. The highest BCUT2D eigenvalue weighted by Gasteiger charge is 2.46. The van der Waals surface area contributed by atoms with Gasteiger partial charge in [0.25, 0.3) is 5.91 Å². The van der Waals surface area contributed by atoms with Gasteiger partial charge in [0.05, 0.1) is 6.54 Å². The number of hydrogen-bond acceptors (Lipinski definition) is 3. The molecule has 0 radical (unpaired) electrons. The zero-order valence-electron chi connectivity index (χ0n) is 18.1. The van der Waals surface area contributed by atoms with Gasteiger partial charge in [-0.25, -0.2) is 9.18 Å². The fourth-order valence-corrected chi connectivity index (χ4v) is 3.71. The van der Waals surface area contributed by atoms with Gasteiger partial charge in [-0.3, -0.25) is 14.7 Å². The van der Waals surface area contributed by atoms with Gasteiger partial charge in [-0.05, 0) is 57.2 Å². The summed E-state index contributed by atoms with van der Waals surface area (Å²) in [5.74, 6) is 0.310. The van der Waals surface area contributed by atoms with Crippen LogP contribution >= 0.6 is 0 Å². The van der Waals surface area contributed by atoms with E-state index in [2.05, 4.69) is 16.0 Å². The number of hydrogen-bond donors (Lipinski definition) is 3. The molecule has 1 aromatic rings. The zero-order valence-corrected chi connectivity index (χ0v) is 18.1. The molecule has 1 aromatic carbocycles. The molecule has 1 atom stereocenters. The second-order valence-electron chi connectivity index (χ2n) is 8.34. The quantitative estimate of drug-likeness (QED) is 0.249. The van der Waals surface area contributed by atoms with E-state index in [0.29, 0.717) is 38.4 Å². The molecule has 30 heavy (non-hydrogen) atoms. The van der Waals surface area contributed by atoms with Crippen LogP contribution < -0.4 is 16.0 Å². The Balaban J connectivity index is 1.51. The number of guanidine groups is 1. The van der Waals surface area contributed by atoms with Crippen molar-refractivity contribution in [3.05, 3.63) is 35.6 Å². The first-order valence-corrected chi connectivity index (χ1v) is 10.8. The average molecular weight is 418 g/mol. The fourth-order valence-electron chi connectivity index (χ4n) is 3.71. The van der Waals surface area contributed by atoms with Crippen molar-refractivity contribution in [2.75, 3.05) is 26.2 Å². The Labute approximate surface area is 177 Å². The SMILES string of the molecule is CCNC(=NCC1(c2cccc(F)c2)CC1)NCCCN1C(=O)NC(C)(CC)C1=O. The number of benzene rings is 1. The molecule has 0 bridgehead atoms. The van der Waals surface area contributed by atoms with Crippen LogP contribution in [0.25, 0.3) is 0 Å². The molecule has 7 nitrogen and oxygen atoms in total. The van der Waals surface area contributed by atoms with Crippen molar-refractivity contribution in [2.24, 2.45) is 4.99 Å². The second-order valence-corrected chi connectivity index (χ2v) is 8.34. The molecule has 1 unspecified atom stereocenters. The lowest BCUT2D eigenvalue weighted by atomic mass is 9.96. The lowest BCUT2D eigenvalue weighted by Gasteiger charge is -2.19. The molecule has 8 heteroatoms. The summed E-state index contributed by atoms with van der Waals surface area (Å²) < 4.78 is 13.6. The summed E-state index contributed by atoms with van der Waals surface area (Å²) in [5.41, 5.74) is 0.130. The van der Waals surface area contributed by atoms with Crippen molar-refractivity contribution >= 4 is 17.9 Å². The fraction of sp³-hybridized carbons (Fsp3) is 0.591. The third-order valence-corrected chi connectivity index (χ3v) is 6.08. The first-order chi connectivity index (χ1) is 14.3. The third kappa shape index (κ3) is 4.74. The minimum absolute atomic E-state index is 0.0743. The molecular formula is C22H32FN5O2. The molecule has 3 N–H and O–H groups in total.